The number of hydrogen-bond acceptors (Lipinski definition) is 6. The Kier molecular flexibility index (Phi) is 63.4. The zero-order chi connectivity index (χ0) is 62.1. The summed E-state index contributed by atoms with van der Waals surface area (Å²) in [6, 6.07) is -0.846. The van der Waals surface area contributed by atoms with Crippen LogP contribution in [-0.4, -0.2) is 74.3 Å². The average molecular weight is 1220 g/mol. The van der Waals surface area contributed by atoms with E-state index in [1.165, 1.54) is 263 Å². The first-order valence-corrected chi connectivity index (χ1v) is 38.5. The van der Waals surface area contributed by atoms with Crippen LogP contribution in [0, 0.1) is 0 Å². The Morgan fingerprint density at radius 1 is 0.412 bits per heavy atom. The highest BCUT2D eigenvalue weighted by Gasteiger charge is 2.30. The minimum absolute atomic E-state index is 0.0424. The molecule has 85 heavy (non-hydrogen) atoms. The van der Waals surface area contributed by atoms with E-state index in [1.807, 2.05) is 33.3 Å². The number of quaternary nitrogens is 1. The molecule has 9 nitrogen and oxygen atoms in total. The largest absolute Gasteiger partial charge is 0.472 e. The minimum atomic E-state index is -4.45. The van der Waals surface area contributed by atoms with Crippen molar-refractivity contribution < 1.29 is 37.3 Å². The smallest absolute Gasteiger partial charge is 0.456 e. The number of hydrogen-bond donors (Lipinski definition) is 2. The molecule has 0 bridgehead atoms. The van der Waals surface area contributed by atoms with Crippen LogP contribution >= 0.6 is 7.82 Å². The third-order valence-corrected chi connectivity index (χ3v) is 17.8. The molecule has 2 N–H and O–H groups in total. The first-order valence-electron chi connectivity index (χ1n) is 37.0. The molecule has 3 unspecified atom stereocenters. The molecule has 0 radical (unpaired) electrons. The fraction of sp³-hybridized carbons (Fsp3) is 0.867. The lowest BCUT2D eigenvalue weighted by Gasteiger charge is -2.27. The molecule has 10 heteroatoms. The van der Waals surface area contributed by atoms with Gasteiger partial charge in [0.05, 0.1) is 33.8 Å². The zero-order valence-corrected chi connectivity index (χ0v) is 58.3. The second-order valence-electron chi connectivity index (χ2n) is 26.5. The molecule has 0 rings (SSSR count). The van der Waals surface area contributed by atoms with E-state index in [1.54, 1.807) is 0 Å². The van der Waals surface area contributed by atoms with Crippen LogP contribution in [0.1, 0.15) is 367 Å². The van der Waals surface area contributed by atoms with Crippen LogP contribution in [0.5, 0.6) is 0 Å². The number of unbranched alkanes of at least 4 members (excludes halogenated alkanes) is 46. The van der Waals surface area contributed by atoms with Crippen LogP contribution in [0.2, 0.25) is 0 Å². The lowest BCUT2D eigenvalue weighted by molar-refractivity contribution is -0.870. The van der Waals surface area contributed by atoms with Gasteiger partial charge in [0.1, 0.15) is 19.3 Å². The molecule has 0 spiro atoms. The fourth-order valence-electron chi connectivity index (χ4n) is 11.1. The summed E-state index contributed by atoms with van der Waals surface area (Å²) in [5.41, 5.74) is 0. The zero-order valence-electron chi connectivity index (χ0n) is 57.4. The summed E-state index contributed by atoms with van der Waals surface area (Å²) in [6.45, 7) is 7.04. The SMILES string of the molecule is CCCCC/C=C\C/C=C\C/C=C\CCCCCCCCCCCCCCCCC(=O)NC(COP(=O)(O)OCC[N+](C)(C)C)C(/C=C\CCCCCCCCCCC)OC(=O)CCCCCCCCCCCCCCCCCCCCCCC. The number of carbonyl (C=O) groups excluding carboxylic acids is 2. The summed E-state index contributed by atoms with van der Waals surface area (Å²) >= 11 is 0. The maximum Gasteiger partial charge on any atom is 0.472 e. The van der Waals surface area contributed by atoms with Gasteiger partial charge in [0.2, 0.25) is 5.91 Å². The molecule has 0 saturated heterocycles. The Morgan fingerprint density at radius 2 is 0.718 bits per heavy atom. The highest BCUT2D eigenvalue weighted by atomic mass is 31.2. The number of allylic oxidation sites excluding steroid dienone is 7. The summed E-state index contributed by atoms with van der Waals surface area (Å²) in [5.74, 6) is -0.487. The molecule has 500 valence electrons. The first kappa shape index (κ1) is 83.0. The fourth-order valence-corrected chi connectivity index (χ4v) is 11.8. The maximum atomic E-state index is 13.6. The summed E-state index contributed by atoms with van der Waals surface area (Å²) in [7, 11) is 1.51. The van der Waals surface area contributed by atoms with E-state index in [4.69, 9.17) is 13.8 Å². The van der Waals surface area contributed by atoms with Crippen molar-refractivity contribution in [2.45, 2.75) is 380 Å². The van der Waals surface area contributed by atoms with Crippen LogP contribution in [0.15, 0.2) is 48.6 Å². The van der Waals surface area contributed by atoms with Gasteiger partial charge in [-0.3, -0.25) is 18.6 Å². The van der Waals surface area contributed by atoms with Crippen LogP contribution in [-0.2, 0) is 27.9 Å². The predicted octanol–water partition coefficient (Wildman–Crippen LogP) is 23.6. The van der Waals surface area contributed by atoms with Crippen molar-refractivity contribution in [1.29, 1.82) is 0 Å². The van der Waals surface area contributed by atoms with Crippen molar-refractivity contribution in [3.63, 3.8) is 0 Å². The van der Waals surface area contributed by atoms with E-state index in [0.29, 0.717) is 23.9 Å². The quantitative estimate of drug-likeness (QED) is 0.0205. The summed E-state index contributed by atoms with van der Waals surface area (Å²) in [4.78, 5) is 37.9. The van der Waals surface area contributed by atoms with E-state index >= 15 is 0 Å². The number of nitrogens with zero attached hydrogens (tertiary/aromatic N) is 1. The van der Waals surface area contributed by atoms with Crippen molar-refractivity contribution in [3.05, 3.63) is 48.6 Å². The Hall–Kier alpha value is -2.03. The molecule has 0 aliphatic rings. The first-order chi connectivity index (χ1) is 41.4. The molecule has 0 aliphatic heterocycles. The standard InChI is InChI=1S/C75H143N2O7P/c1-7-10-13-16-19-22-25-27-29-31-33-35-36-37-38-39-40-42-43-45-47-49-52-55-58-61-64-67-74(78)76-72(71-83-85(80,81)82-70-69-77(4,5)6)73(66-63-60-57-54-51-24-21-18-15-12-9-3)84-75(79)68-65-62-59-56-53-50-48-46-44-41-34-32-30-28-26-23-20-17-14-11-8-2/h19,22,27,29,33,35,63,66,72-73H,7-18,20-21,23-26,28,30-32,34,36-62,64-65,67-71H2,1-6H3,(H-,76,78,80,81)/p+1/b22-19-,29-27-,35-33-,66-63-. The number of amides is 1. The number of ether oxygens (including phenoxy) is 1. The predicted molar refractivity (Wildman–Crippen MR) is 369 cm³/mol. The van der Waals surface area contributed by atoms with Gasteiger partial charge in [0, 0.05) is 12.8 Å². The summed E-state index contributed by atoms with van der Waals surface area (Å²) < 4.78 is 30.8. The van der Waals surface area contributed by atoms with Gasteiger partial charge in [0.25, 0.3) is 0 Å². The van der Waals surface area contributed by atoms with Gasteiger partial charge >= 0.3 is 13.8 Å². The Balaban J connectivity index is 4.94. The maximum absolute atomic E-state index is 13.6. The number of carbonyl (C=O) groups is 2. The second kappa shape index (κ2) is 64.9. The van der Waals surface area contributed by atoms with Gasteiger partial charge in [0.15, 0.2) is 0 Å². The highest BCUT2D eigenvalue weighted by Crippen LogP contribution is 2.43. The summed E-state index contributed by atoms with van der Waals surface area (Å²) in [6.07, 6.45) is 82.8. The van der Waals surface area contributed by atoms with Gasteiger partial charge in [-0.15, -0.1) is 0 Å². The number of esters is 1. The third-order valence-electron chi connectivity index (χ3n) is 16.8. The van der Waals surface area contributed by atoms with Crippen molar-refractivity contribution in [2.24, 2.45) is 0 Å². The molecular weight excluding hydrogens is 1070 g/mol. The Bertz CT molecular complexity index is 1590. The van der Waals surface area contributed by atoms with Crippen molar-refractivity contribution in [1.82, 2.24) is 5.32 Å². The Labute approximate surface area is 529 Å². The molecule has 3 atom stereocenters. The lowest BCUT2D eigenvalue weighted by atomic mass is 10.0. The molecule has 0 aromatic heterocycles. The van der Waals surface area contributed by atoms with Crippen LogP contribution in [0.4, 0.5) is 0 Å². The van der Waals surface area contributed by atoms with E-state index in [2.05, 4.69) is 62.5 Å². The second-order valence-corrected chi connectivity index (χ2v) is 27.9. The molecule has 0 aliphatic carbocycles. The number of likely N-dealkylation sites (N-methyl/N-ethyl adjacent to an activating group) is 1. The topological polar surface area (TPSA) is 111 Å². The Morgan fingerprint density at radius 3 is 1.09 bits per heavy atom. The van der Waals surface area contributed by atoms with E-state index in [-0.39, 0.29) is 25.1 Å². The van der Waals surface area contributed by atoms with Crippen molar-refractivity contribution in [3.8, 4) is 0 Å². The highest BCUT2D eigenvalue weighted by molar-refractivity contribution is 7.47. The van der Waals surface area contributed by atoms with Gasteiger partial charge in [-0.2, -0.15) is 0 Å². The summed E-state index contributed by atoms with van der Waals surface area (Å²) in [5, 5.41) is 3.08. The van der Waals surface area contributed by atoms with E-state index in [0.717, 1.165) is 70.6 Å². The van der Waals surface area contributed by atoms with E-state index in [9.17, 15) is 19.0 Å². The number of rotatable bonds is 68. The number of phosphoric ester groups is 1. The monoisotopic (exact) mass is 1220 g/mol. The van der Waals surface area contributed by atoms with E-state index < -0.39 is 20.0 Å². The molecule has 1 amide bonds. The molecular formula is C75H144N2O7P+. The van der Waals surface area contributed by atoms with Gasteiger partial charge in [-0.1, -0.05) is 333 Å². The van der Waals surface area contributed by atoms with Crippen LogP contribution in [0.3, 0.4) is 0 Å². The number of phosphoric acid groups is 1. The molecule has 0 aromatic carbocycles. The molecule has 0 aromatic rings. The number of nitrogens with one attached hydrogen (secondary N) is 1. The third kappa shape index (κ3) is 66.2. The van der Waals surface area contributed by atoms with Gasteiger partial charge in [-0.25, -0.2) is 4.57 Å². The lowest BCUT2D eigenvalue weighted by Crippen LogP contribution is -2.47. The van der Waals surface area contributed by atoms with Gasteiger partial charge in [-0.05, 0) is 70.3 Å². The van der Waals surface area contributed by atoms with Crippen molar-refractivity contribution >= 4 is 19.7 Å². The molecule has 0 heterocycles. The minimum Gasteiger partial charge on any atom is -0.456 e. The van der Waals surface area contributed by atoms with Crippen LogP contribution in [0.25, 0.3) is 0 Å². The van der Waals surface area contributed by atoms with Crippen molar-refractivity contribution in [2.75, 3.05) is 40.9 Å². The molecule has 0 saturated carbocycles. The van der Waals surface area contributed by atoms with Crippen LogP contribution < -0.4 is 5.32 Å². The normalized spacial score (nSPS) is 13.7. The average Bonchev–Trinajstić information content (AvgIpc) is 3.64. The molecule has 0 fully saturated rings. The van der Waals surface area contributed by atoms with Gasteiger partial charge < -0.3 is 19.4 Å².